The summed E-state index contributed by atoms with van der Waals surface area (Å²) >= 11 is 5.57. The lowest BCUT2D eigenvalue weighted by Crippen LogP contribution is -2.26. The van der Waals surface area contributed by atoms with E-state index in [0.29, 0.717) is 12.4 Å². The van der Waals surface area contributed by atoms with Gasteiger partial charge in [0.1, 0.15) is 0 Å². The molecule has 1 aromatic carbocycles. The van der Waals surface area contributed by atoms with Crippen LogP contribution in [0.2, 0.25) is 0 Å². The van der Waals surface area contributed by atoms with Crippen LogP contribution in [-0.2, 0) is 15.8 Å². The lowest BCUT2D eigenvalue weighted by molar-refractivity contribution is 0.573. The van der Waals surface area contributed by atoms with E-state index in [1.807, 2.05) is 30.3 Å². The summed E-state index contributed by atoms with van der Waals surface area (Å²) in [6.07, 6.45) is 3.94. The van der Waals surface area contributed by atoms with Gasteiger partial charge in [0.25, 0.3) is 0 Å². The molecule has 5 heteroatoms. The second-order valence-electron chi connectivity index (χ2n) is 4.24. The number of rotatable bonds is 9. The van der Waals surface area contributed by atoms with Gasteiger partial charge >= 0.3 is 0 Å². The highest BCUT2D eigenvalue weighted by atomic mass is 35.5. The SMILES string of the molecule is O=S(=O)(Cc1ccccc1)NCCCCCCCl. The molecule has 0 aliphatic carbocycles. The highest BCUT2D eigenvalue weighted by Crippen LogP contribution is 2.05. The van der Waals surface area contributed by atoms with Crippen LogP contribution in [0, 0.1) is 0 Å². The van der Waals surface area contributed by atoms with Crippen molar-refractivity contribution in [1.29, 1.82) is 0 Å². The van der Waals surface area contributed by atoms with Crippen LogP contribution in [0.15, 0.2) is 30.3 Å². The minimum absolute atomic E-state index is 0.0511. The zero-order valence-corrected chi connectivity index (χ0v) is 12.0. The van der Waals surface area contributed by atoms with Crippen molar-refractivity contribution in [3.63, 3.8) is 0 Å². The minimum atomic E-state index is -3.20. The third-order valence-corrected chi connectivity index (χ3v) is 4.21. The maximum Gasteiger partial charge on any atom is 0.215 e. The smallest absolute Gasteiger partial charge is 0.215 e. The summed E-state index contributed by atoms with van der Waals surface area (Å²) < 4.78 is 26.1. The Kier molecular flexibility index (Phi) is 7.32. The number of hydrogen-bond donors (Lipinski definition) is 1. The highest BCUT2D eigenvalue weighted by molar-refractivity contribution is 7.88. The number of sulfonamides is 1. The monoisotopic (exact) mass is 289 g/mol. The van der Waals surface area contributed by atoms with Crippen LogP contribution in [0.4, 0.5) is 0 Å². The Balaban J connectivity index is 2.24. The molecule has 3 nitrogen and oxygen atoms in total. The molecule has 0 amide bonds. The maximum absolute atomic E-state index is 11.8. The average Bonchev–Trinajstić information content (AvgIpc) is 2.34. The Hall–Kier alpha value is -0.580. The number of unbranched alkanes of at least 4 members (excludes halogenated alkanes) is 3. The predicted octanol–water partition coefficient (Wildman–Crippen LogP) is 2.91. The molecule has 1 rings (SSSR count). The van der Waals surface area contributed by atoms with E-state index >= 15 is 0 Å². The summed E-state index contributed by atoms with van der Waals surface area (Å²) in [4.78, 5) is 0. The lowest BCUT2D eigenvalue weighted by atomic mass is 10.2. The van der Waals surface area contributed by atoms with Crippen LogP contribution < -0.4 is 4.72 Å². The number of hydrogen-bond acceptors (Lipinski definition) is 2. The van der Waals surface area contributed by atoms with Gasteiger partial charge in [0.15, 0.2) is 0 Å². The van der Waals surface area contributed by atoms with Gasteiger partial charge in [-0.25, -0.2) is 13.1 Å². The highest BCUT2D eigenvalue weighted by Gasteiger charge is 2.09. The molecule has 0 saturated carbocycles. The third-order valence-electron chi connectivity index (χ3n) is 2.58. The van der Waals surface area contributed by atoms with Crippen molar-refractivity contribution in [2.75, 3.05) is 12.4 Å². The van der Waals surface area contributed by atoms with E-state index in [9.17, 15) is 8.42 Å². The fraction of sp³-hybridized carbons (Fsp3) is 0.538. The molecule has 0 radical (unpaired) electrons. The van der Waals surface area contributed by atoms with Crippen molar-refractivity contribution in [3.05, 3.63) is 35.9 Å². The molecule has 0 aliphatic rings. The molecule has 0 heterocycles. The summed E-state index contributed by atoms with van der Waals surface area (Å²) in [5.41, 5.74) is 0.812. The summed E-state index contributed by atoms with van der Waals surface area (Å²) in [7, 11) is -3.20. The molecule has 0 fully saturated rings. The molecule has 0 atom stereocenters. The van der Waals surface area contributed by atoms with Gasteiger partial charge in [-0.05, 0) is 18.4 Å². The van der Waals surface area contributed by atoms with Gasteiger partial charge in [0.2, 0.25) is 10.0 Å². The van der Waals surface area contributed by atoms with Gasteiger partial charge in [0.05, 0.1) is 5.75 Å². The molecule has 0 bridgehead atoms. The van der Waals surface area contributed by atoms with Crippen LogP contribution >= 0.6 is 11.6 Å². The van der Waals surface area contributed by atoms with Crippen molar-refractivity contribution in [2.45, 2.75) is 31.4 Å². The topological polar surface area (TPSA) is 46.2 Å². The fourth-order valence-electron chi connectivity index (χ4n) is 1.65. The Bertz CT molecular complexity index is 420. The molecular weight excluding hydrogens is 270 g/mol. The van der Waals surface area contributed by atoms with Crippen molar-refractivity contribution in [2.24, 2.45) is 0 Å². The van der Waals surface area contributed by atoms with E-state index in [-0.39, 0.29) is 5.75 Å². The largest absolute Gasteiger partial charge is 0.215 e. The predicted molar refractivity (Wildman–Crippen MR) is 76.3 cm³/mol. The fourth-order valence-corrected chi connectivity index (χ4v) is 3.02. The van der Waals surface area contributed by atoms with Crippen molar-refractivity contribution < 1.29 is 8.42 Å². The van der Waals surface area contributed by atoms with E-state index < -0.39 is 10.0 Å². The normalized spacial score (nSPS) is 11.6. The Labute approximate surface area is 115 Å². The number of alkyl halides is 1. The first-order valence-corrected chi connectivity index (χ1v) is 8.40. The molecule has 0 unspecified atom stereocenters. The molecule has 18 heavy (non-hydrogen) atoms. The van der Waals surface area contributed by atoms with Crippen LogP contribution in [0.3, 0.4) is 0 Å². The Morgan fingerprint density at radius 1 is 1.00 bits per heavy atom. The van der Waals surface area contributed by atoms with Crippen LogP contribution in [0.1, 0.15) is 31.2 Å². The van der Waals surface area contributed by atoms with Crippen molar-refractivity contribution in [3.8, 4) is 0 Å². The van der Waals surface area contributed by atoms with Crippen molar-refractivity contribution >= 4 is 21.6 Å². The number of halogens is 1. The van der Waals surface area contributed by atoms with E-state index in [1.54, 1.807) is 0 Å². The Morgan fingerprint density at radius 3 is 2.33 bits per heavy atom. The maximum atomic E-state index is 11.8. The summed E-state index contributed by atoms with van der Waals surface area (Å²) in [6, 6.07) is 9.20. The zero-order chi connectivity index (χ0) is 13.3. The molecule has 0 aliphatic heterocycles. The first kappa shape index (κ1) is 15.5. The second-order valence-corrected chi connectivity index (χ2v) is 6.43. The summed E-state index contributed by atoms with van der Waals surface area (Å²) in [5, 5.41) is 0. The van der Waals surface area contributed by atoms with Crippen LogP contribution in [0.25, 0.3) is 0 Å². The molecule has 1 N–H and O–H groups in total. The van der Waals surface area contributed by atoms with Gasteiger partial charge < -0.3 is 0 Å². The Morgan fingerprint density at radius 2 is 1.67 bits per heavy atom. The van der Waals surface area contributed by atoms with Gasteiger partial charge in [-0.2, -0.15) is 0 Å². The first-order valence-electron chi connectivity index (χ1n) is 6.21. The molecule has 0 spiro atoms. The second kappa shape index (κ2) is 8.51. The van der Waals surface area contributed by atoms with Gasteiger partial charge in [0, 0.05) is 12.4 Å². The first-order chi connectivity index (χ1) is 8.64. The quantitative estimate of drug-likeness (QED) is 0.561. The zero-order valence-electron chi connectivity index (χ0n) is 10.4. The number of benzene rings is 1. The average molecular weight is 290 g/mol. The van der Waals surface area contributed by atoms with Crippen LogP contribution in [0.5, 0.6) is 0 Å². The van der Waals surface area contributed by atoms with Gasteiger partial charge in [-0.3, -0.25) is 0 Å². The molecule has 1 aromatic rings. The van der Waals surface area contributed by atoms with Gasteiger partial charge in [-0.15, -0.1) is 11.6 Å². The summed E-state index contributed by atoms with van der Waals surface area (Å²) in [5.74, 6) is 0.731. The van der Waals surface area contributed by atoms with Gasteiger partial charge in [-0.1, -0.05) is 43.2 Å². The summed E-state index contributed by atoms with van der Waals surface area (Å²) in [6.45, 7) is 0.511. The van der Waals surface area contributed by atoms with Crippen LogP contribution in [-0.4, -0.2) is 20.8 Å². The van der Waals surface area contributed by atoms with E-state index in [2.05, 4.69) is 4.72 Å². The molecule has 0 aromatic heterocycles. The lowest BCUT2D eigenvalue weighted by Gasteiger charge is -2.06. The molecule has 102 valence electrons. The standard InChI is InChI=1S/C13H20ClNO2S/c14-10-6-1-2-7-11-15-18(16,17)12-13-8-4-3-5-9-13/h3-5,8-9,15H,1-2,6-7,10-12H2. The molecular formula is C13H20ClNO2S. The van der Waals surface area contributed by atoms with Crippen molar-refractivity contribution in [1.82, 2.24) is 4.72 Å². The van der Waals surface area contributed by atoms with E-state index in [4.69, 9.17) is 11.6 Å². The minimum Gasteiger partial charge on any atom is -0.215 e. The van der Waals surface area contributed by atoms with E-state index in [1.165, 1.54) is 0 Å². The number of nitrogens with one attached hydrogen (secondary N) is 1. The molecule has 0 saturated heterocycles. The van der Waals surface area contributed by atoms with E-state index in [0.717, 1.165) is 31.2 Å². The third kappa shape index (κ3) is 6.99.